The van der Waals surface area contributed by atoms with Gasteiger partial charge in [-0.2, -0.15) is 4.98 Å². The molecule has 29 heavy (non-hydrogen) atoms. The van der Waals surface area contributed by atoms with E-state index in [4.69, 9.17) is 25.6 Å². The molecule has 1 aromatic heterocycles. The van der Waals surface area contributed by atoms with Gasteiger partial charge in [0, 0.05) is 29.6 Å². The third-order valence-electron chi connectivity index (χ3n) is 4.96. The predicted molar refractivity (Wildman–Crippen MR) is 107 cm³/mol. The van der Waals surface area contributed by atoms with Gasteiger partial charge in [-0.25, -0.2) is 0 Å². The molecule has 1 aliphatic rings. The largest absolute Gasteiger partial charge is 0.497 e. The molecule has 150 valence electrons. The Kier molecular flexibility index (Phi) is 5.40. The van der Waals surface area contributed by atoms with Crippen molar-refractivity contribution in [1.29, 1.82) is 0 Å². The van der Waals surface area contributed by atoms with E-state index in [9.17, 15) is 4.79 Å². The van der Waals surface area contributed by atoms with Gasteiger partial charge in [-0.15, -0.1) is 0 Å². The summed E-state index contributed by atoms with van der Waals surface area (Å²) in [6.45, 7) is 0.397. The molecule has 1 saturated heterocycles. The molecule has 0 radical (unpaired) electrons. The number of rotatable bonds is 6. The van der Waals surface area contributed by atoms with Gasteiger partial charge >= 0.3 is 0 Å². The monoisotopic (exact) mass is 413 g/mol. The summed E-state index contributed by atoms with van der Waals surface area (Å²) in [5.74, 6) is 2.11. The highest BCUT2D eigenvalue weighted by Gasteiger charge is 2.36. The highest BCUT2D eigenvalue weighted by molar-refractivity contribution is 6.31. The van der Waals surface area contributed by atoms with Crippen LogP contribution in [0, 0.1) is 0 Å². The molecule has 8 heteroatoms. The minimum absolute atomic E-state index is 0.0396. The number of aromatic nitrogens is 2. The number of nitrogens with zero attached hydrogens (tertiary/aromatic N) is 3. The SMILES string of the molecule is COc1cc(OC)cc(-c2noc(C3CCC(=O)N3Cc3ccccc3Cl)n2)c1. The number of ether oxygens (including phenoxy) is 2. The second-order valence-electron chi connectivity index (χ2n) is 6.73. The van der Waals surface area contributed by atoms with E-state index >= 15 is 0 Å². The molecule has 0 aliphatic carbocycles. The number of likely N-dealkylation sites (tertiary alicyclic amines) is 1. The Morgan fingerprint density at radius 3 is 2.59 bits per heavy atom. The van der Waals surface area contributed by atoms with Gasteiger partial charge in [-0.3, -0.25) is 4.79 Å². The topological polar surface area (TPSA) is 77.7 Å². The van der Waals surface area contributed by atoms with Crippen LogP contribution in [-0.4, -0.2) is 35.2 Å². The van der Waals surface area contributed by atoms with Crippen molar-refractivity contribution < 1.29 is 18.8 Å². The van der Waals surface area contributed by atoms with E-state index in [1.807, 2.05) is 24.3 Å². The molecule has 0 bridgehead atoms. The van der Waals surface area contributed by atoms with Crippen LogP contribution in [0.1, 0.15) is 30.3 Å². The van der Waals surface area contributed by atoms with E-state index in [0.717, 1.165) is 5.56 Å². The molecule has 0 saturated carbocycles. The van der Waals surface area contributed by atoms with Gasteiger partial charge < -0.3 is 18.9 Å². The summed E-state index contributed by atoms with van der Waals surface area (Å²) in [6.07, 6.45) is 1.05. The number of carbonyl (C=O) groups is 1. The van der Waals surface area contributed by atoms with Crippen molar-refractivity contribution in [3.05, 3.63) is 58.9 Å². The summed E-state index contributed by atoms with van der Waals surface area (Å²) in [4.78, 5) is 18.8. The Labute approximate surface area is 173 Å². The first kappa shape index (κ1) is 19.3. The van der Waals surface area contributed by atoms with Crippen molar-refractivity contribution in [3.63, 3.8) is 0 Å². The average Bonchev–Trinajstić information content (AvgIpc) is 3.36. The van der Waals surface area contributed by atoms with Crippen LogP contribution < -0.4 is 9.47 Å². The van der Waals surface area contributed by atoms with Gasteiger partial charge in [0.05, 0.1) is 14.2 Å². The van der Waals surface area contributed by atoms with E-state index in [-0.39, 0.29) is 11.9 Å². The highest BCUT2D eigenvalue weighted by atomic mass is 35.5. The number of hydrogen-bond acceptors (Lipinski definition) is 6. The Bertz CT molecular complexity index is 1010. The smallest absolute Gasteiger partial charge is 0.249 e. The number of halogens is 1. The van der Waals surface area contributed by atoms with Gasteiger partial charge in [0.25, 0.3) is 0 Å². The van der Waals surface area contributed by atoms with Crippen LogP contribution in [0.25, 0.3) is 11.4 Å². The van der Waals surface area contributed by atoms with Crippen LogP contribution in [0.2, 0.25) is 5.02 Å². The van der Waals surface area contributed by atoms with Crippen molar-refractivity contribution in [2.75, 3.05) is 14.2 Å². The van der Waals surface area contributed by atoms with E-state index < -0.39 is 0 Å². The second kappa shape index (κ2) is 8.13. The zero-order valence-corrected chi connectivity index (χ0v) is 16.8. The number of hydrogen-bond donors (Lipinski definition) is 0. The number of methoxy groups -OCH3 is 2. The van der Waals surface area contributed by atoms with E-state index in [1.165, 1.54) is 0 Å². The summed E-state index contributed by atoms with van der Waals surface area (Å²) in [7, 11) is 3.16. The standard InChI is InChI=1S/C21H20ClN3O4/c1-27-15-9-14(10-16(11-15)28-2)20-23-21(29-24-20)18-7-8-19(26)25(18)12-13-5-3-4-6-17(13)22/h3-6,9-11,18H,7-8,12H2,1-2H3. The maximum atomic E-state index is 12.5. The molecule has 1 unspecified atom stereocenters. The summed E-state index contributed by atoms with van der Waals surface area (Å²) >= 11 is 6.27. The fourth-order valence-electron chi connectivity index (χ4n) is 3.42. The zero-order chi connectivity index (χ0) is 20.4. The van der Waals surface area contributed by atoms with Crippen molar-refractivity contribution in [3.8, 4) is 22.9 Å². The van der Waals surface area contributed by atoms with Gasteiger partial charge in [0.15, 0.2) is 0 Å². The van der Waals surface area contributed by atoms with Crippen LogP contribution in [0.15, 0.2) is 47.0 Å². The van der Waals surface area contributed by atoms with Crippen molar-refractivity contribution in [2.45, 2.75) is 25.4 Å². The first-order valence-corrected chi connectivity index (χ1v) is 9.56. The van der Waals surface area contributed by atoms with Crippen LogP contribution >= 0.6 is 11.6 Å². The molecule has 1 fully saturated rings. The number of amides is 1. The third-order valence-corrected chi connectivity index (χ3v) is 5.33. The maximum Gasteiger partial charge on any atom is 0.249 e. The Balaban J connectivity index is 1.61. The summed E-state index contributed by atoms with van der Waals surface area (Å²) < 4.78 is 16.1. The molecule has 1 atom stereocenters. The minimum atomic E-state index is -0.285. The molecule has 2 aromatic carbocycles. The lowest BCUT2D eigenvalue weighted by molar-refractivity contribution is -0.129. The average molecular weight is 414 g/mol. The van der Waals surface area contributed by atoms with E-state index in [2.05, 4.69) is 10.1 Å². The van der Waals surface area contributed by atoms with Crippen LogP contribution in [0.4, 0.5) is 0 Å². The van der Waals surface area contributed by atoms with Crippen molar-refractivity contribution in [2.24, 2.45) is 0 Å². The Morgan fingerprint density at radius 2 is 1.90 bits per heavy atom. The summed E-state index contributed by atoms with van der Waals surface area (Å²) in [5, 5.41) is 4.73. The summed E-state index contributed by atoms with van der Waals surface area (Å²) in [5.41, 5.74) is 1.59. The fourth-order valence-corrected chi connectivity index (χ4v) is 3.62. The molecular weight excluding hydrogens is 394 g/mol. The quantitative estimate of drug-likeness (QED) is 0.600. The molecule has 0 N–H and O–H groups in total. The van der Waals surface area contributed by atoms with Crippen LogP contribution in [-0.2, 0) is 11.3 Å². The van der Waals surface area contributed by atoms with Gasteiger partial charge in [-0.1, -0.05) is 35.0 Å². The molecule has 1 amide bonds. The molecule has 4 rings (SSSR count). The number of carbonyl (C=O) groups excluding carboxylic acids is 1. The maximum absolute atomic E-state index is 12.5. The minimum Gasteiger partial charge on any atom is -0.497 e. The van der Waals surface area contributed by atoms with Gasteiger partial charge in [-0.05, 0) is 30.2 Å². The fraction of sp³-hybridized carbons (Fsp3) is 0.286. The van der Waals surface area contributed by atoms with Crippen LogP contribution in [0.5, 0.6) is 11.5 Å². The van der Waals surface area contributed by atoms with Gasteiger partial charge in [0.2, 0.25) is 17.6 Å². The molecule has 2 heterocycles. The predicted octanol–water partition coefficient (Wildman–Crippen LogP) is 4.27. The van der Waals surface area contributed by atoms with E-state index in [1.54, 1.807) is 37.3 Å². The first-order valence-electron chi connectivity index (χ1n) is 9.19. The molecule has 7 nitrogen and oxygen atoms in total. The van der Waals surface area contributed by atoms with Crippen molar-refractivity contribution >= 4 is 17.5 Å². The molecule has 1 aliphatic heterocycles. The van der Waals surface area contributed by atoms with Crippen molar-refractivity contribution in [1.82, 2.24) is 15.0 Å². The lowest BCUT2D eigenvalue weighted by Crippen LogP contribution is -2.27. The number of benzene rings is 2. The Morgan fingerprint density at radius 1 is 1.17 bits per heavy atom. The zero-order valence-electron chi connectivity index (χ0n) is 16.1. The lowest BCUT2D eigenvalue weighted by atomic mass is 10.1. The molecule has 3 aromatic rings. The van der Waals surface area contributed by atoms with E-state index in [0.29, 0.717) is 53.2 Å². The van der Waals surface area contributed by atoms with Crippen LogP contribution in [0.3, 0.4) is 0 Å². The molecular formula is C21H20ClN3O4. The lowest BCUT2D eigenvalue weighted by Gasteiger charge is -2.22. The highest BCUT2D eigenvalue weighted by Crippen LogP contribution is 2.36. The Hall–Kier alpha value is -3.06. The normalized spacial score (nSPS) is 16.3. The first-order chi connectivity index (χ1) is 14.1. The molecule has 0 spiro atoms. The van der Waals surface area contributed by atoms with Gasteiger partial charge in [0.1, 0.15) is 17.5 Å². The summed E-state index contributed by atoms with van der Waals surface area (Å²) in [6, 6.07) is 12.6. The third kappa shape index (κ3) is 3.91. The second-order valence-corrected chi connectivity index (χ2v) is 7.13.